The molecule has 1 aromatic carbocycles. The molecule has 0 aromatic heterocycles. The summed E-state index contributed by atoms with van der Waals surface area (Å²) in [5.74, 6) is 0.578. The molecule has 0 heterocycles. The summed E-state index contributed by atoms with van der Waals surface area (Å²) >= 11 is 0. The van der Waals surface area contributed by atoms with Gasteiger partial charge in [0, 0.05) is 11.8 Å². The van der Waals surface area contributed by atoms with Crippen molar-refractivity contribution in [3.8, 4) is 5.75 Å². The van der Waals surface area contributed by atoms with Crippen molar-refractivity contribution < 1.29 is 18.3 Å². The zero-order valence-electron chi connectivity index (χ0n) is 11.3. The molecular formula is C14H18F2N2O2. The van der Waals surface area contributed by atoms with Gasteiger partial charge in [-0.25, -0.2) is 0 Å². The van der Waals surface area contributed by atoms with Gasteiger partial charge < -0.3 is 15.4 Å². The van der Waals surface area contributed by atoms with Crippen LogP contribution < -0.4 is 15.4 Å². The highest BCUT2D eigenvalue weighted by Gasteiger charge is 2.20. The lowest BCUT2D eigenvalue weighted by Gasteiger charge is -2.11. The minimum absolute atomic E-state index is 0.0729. The van der Waals surface area contributed by atoms with Crippen LogP contribution in [0.1, 0.15) is 18.4 Å². The number of ether oxygens (including phenoxy) is 1. The number of anilines is 1. The maximum atomic E-state index is 12.2. The van der Waals surface area contributed by atoms with Gasteiger partial charge in [0.15, 0.2) is 0 Å². The SMILES string of the molecule is Cc1ccc(NC(=O)CNCC2CC2)cc1OC(F)F. The van der Waals surface area contributed by atoms with Crippen LogP contribution in [0.3, 0.4) is 0 Å². The Bertz CT molecular complexity index is 476. The molecule has 1 aliphatic carbocycles. The largest absolute Gasteiger partial charge is 0.434 e. The Hall–Kier alpha value is -1.69. The molecule has 4 nitrogen and oxygen atoms in total. The number of carbonyl (C=O) groups excluding carboxylic acids is 1. The zero-order chi connectivity index (χ0) is 14.5. The topological polar surface area (TPSA) is 50.4 Å². The number of hydrogen-bond donors (Lipinski definition) is 2. The van der Waals surface area contributed by atoms with E-state index in [0.717, 1.165) is 6.54 Å². The summed E-state index contributed by atoms with van der Waals surface area (Å²) in [6, 6.07) is 4.69. The van der Waals surface area contributed by atoms with Gasteiger partial charge >= 0.3 is 6.61 Å². The van der Waals surface area contributed by atoms with Gasteiger partial charge in [0.1, 0.15) is 5.75 Å². The smallest absolute Gasteiger partial charge is 0.387 e. The molecule has 0 saturated heterocycles. The molecule has 0 radical (unpaired) electrons. The fraction of sp³-hybridized carbons (Fsp3) is 0.500. The third-order valence-electron chi connectivity index (χ3n) is 3.10. The van der Waals surface area contributed by atoms with Gasteiger partial charge in [0.05, 0.1) is 6.54 Å². The van der Waals surface area contributed by atoms with E-state index in [-0.39, 0.29) is 18.2 Å². The number of carbonyl (C=O) groups is 1. The van der Waals surface area contributed by atoms with Crippen molar-refractivity contribution in [1.82, 2.24) is 5.32 Å². The van der Waals surface area contributed by atoms with Crippen LogP contribution in [0.2, 0.25) is 0 Å². The molecule has 1 amide bonds. The predicted octanol–water partition coefficient (Wildman–Crippen LogP) is 2.53. The first kappa shape index (κ1) is 14.7. The fourth-order valence-electron chi connectivity index (χ4n) is 1.82. The van der Waals surface area contributed by atoms with Gasteiger partial charge in [-0.05, 0) is 43.9 Å². The minimum atomic E-state index is -2.88. The number of alkyl halides is 2. The number of benzene rings is 1. The van der Waals surface area contributed by atoms with Crippen LogP contribution in [-0.4, -0.2) is 25.6 Å². The van der Waals surface area contributed by atoms with Gasteiger partial charge in [0.25, 0.3) is 0 Å². The standard InChI is InChI=1S/C14H18F2N2O2/c1-9-2-5-11(6-12(9)20-14(15)16)18-13(19)8-17-7-10-3-4-10/h2,5-6,10,14,17H,3-4,7-8H2,1H3,(H,18,19). The molecule has 0 unspecified atom stereocenters. The van der Waals surface area contributed by atoms with Crippen molar-refractivity contribution in [3.63, 3.8) is 0 Å². The summed E-state index contributed by atoms with van der Waals surface area (Å²) in [7, 11) is 0. The first-order chi connectivity index (χ1) is 9.54. The molecule has 1 aliphatic rings. The quantitative estimate of drug-likeness (QED) is 0.809. The molecule has 6 heteroatoms. The van der Waals surface area contributed by atoms with Gasteiger partial charge in [-0.2, -0.15) is 8.78 Å². The van der Waals surface area contributed by atoms with Crippen LogP contribution >= 0.6 is 0 Å². The van der Waals surface area contributed by atoms with E-state index < -0.39 is 6.61 Å². The zero-order valence-corrected chi connectivity index (χ0v) is 11.3. The maximum absolute atomic E-state index is 12.2. The number of aryl methyl sites for hydroxylation is 1. The van der Waals surface area contributed by atoms with Crippen LogP contribution in [0, 0.1) is 12.8 Å². The van der Waals surface area contributed by atoms with E-state index in [1.54, 1.807) is 19.1 Å². The van der Waals surface area contributed by atoms with Crippen molar-refractivity contribution in [2.45, 2.75) is 26.4 Å². The van der Waals surface area contributed by atoms with Crippen molar-refractivity contribution in [1.29, 1.82) is 0 Å². The Balaban J connectivity index is 1.85. The average molecular weight is 284 g/mol. The first-order valence-corrected chi connectivity index (χ1v) is 6.60. The number of nitrogens with one attached hydrogen (secondary N) is 2. The molecule has 20 heavy (non-hydrogen) atoms. The Morgan fingerprint density at radius 1 is 1.45 bits per heavy atom. The molecule has 110 valence electrons. The molecule has 2 N–H and O–H groups in total. The Kier molecular flexibility index (Phi) is 4.89. The van der Waals surface area contributed by atoms with Gasteiger partial charge in [-0.15, -0.1) is 0 Å². The van der Waals surface area contributed by atoms with E-state index in [2.05, 4.69) is 15.4 Å². The van der Waals surface area contributed by atoms with Crippen molar-refractivity contribution in [2.24, 2.45) is 5.92 Å². The summed E-state index contributed by atoms with van der Waals surface area (Å²) in [5.41, 5.74) is 1.04. The second kappa shape index (κ2) is 6.65. The second-order valence-electron chi connectivity index (χ2n) is 4.98. The Morgan fingerprint density at radius 3 is 2.85 bits per heavy atom. The fourth-order valence-corrected chi connectivity index (χ4v) is 1.82. The molecule has 0 bridgehead atoms. The van der Waals surface area contributed by atoms with E-state index in [1.807, 2.05) is 0 Å². The van der Waals surface area contributed by atoms with Crippen LogP contribution in [0.25, 0.3) is 0 Å². The van der Waals surface area contributed by atoms with E-state index in [0.29, 0.717) is 17.2 Å². The number of amides is 1. The van der Waals surface area contributed by atoms with Crippen molar-refractivity contribution in [2.75, 3.05) is 18.4 Å². The van der Waals surface area contributed by atoms with E-state index >= 15 is 0 Å². The third-order valence-corrected chi connectivity index (χ3v) is 3.10. The summed E-state index contributed by atoms with van der Waals surface area (Å²) < 4.78 is 28.8. The first-order valence-electron chi connectivity index (χ1n) is 6.60. The second-order valence-corrected chi connectivity index (χ2v) is 4.98. The molecule has 2 rings (SSSR count). The molecule has 0 atom stereocenters. The number of halogens is 2. The molecule has 0 aliphatic heterocycles. The van der Waals surface area contributed by atoms with Crippen molar-refractivity contribution >= 4 is 11.6 Å². The molecule has 1 aromatic rings. The normalized spacial score (nSPS) is 14.4. The van der Waals surface area contributed by atoms with Crippen LogP contribution in [0.15, 0.2) is 18.2 Å². The summed E-state index contributed by atoms with van der Waals surface area (Å²) in [6.07, 6.45) is 2.45. The summed E-state index contributed by atoms with van der Waals surface area (Å²) in [6.45, 7) is -0.142. The van der Waals surface area contributed by atoms with Gasteiger partial charge in [-0.3, -0.25) is 4.79 Å². The highest BCUT2D eigenvalue weighted by Crippen LogP contribution is 2.27. The molecular weight excluding hydrogens is 266 g/mol. The van der Waals surface area contributed by atoms with Gasteiger partial charge in [-0.1, -0.05) is 6.07 Å². The monoisotopic (exact) mass is 284 g/mol. The Labute approximate surface area is 116 Å². The molecule has 0 spiro atoms. The molecule has 1 fully saturated rings. The minimum Gasteiger partial charge on any atom is -0.434 e. The van der Waals surface area contributed by atoms with Gasteiger partial charge in [0.2, 0.25) is 5.91 Å². The average Bonchev–Trinajstić information content (AvgIpc) is 3.17. The van der Waals surface area contributed by atoms with Crippen LogP contribution in [-0.2, 0) is 4.79 Å². The lowest BCUT2D eigenvalue weighted by Crippen LogP contribution is -2.29. The van der Waals surface area contributed by atoms with Crippen LogP contribution in [0.5, 0.6) is 5.75 Å². The highest BCUT2D eigenvalue weighted by atomic mass is 19.3. The summed E-state index contributed by atoms with van der Waals surface area (Å²) in [5, 5.41) is 5.71. The number of rotatable bonds is 7. The third kappa shape index (κ3) is 4.77. The highest BCUT2D eigenvalue weighted by molar-refractivity contribution is 5.92. The lowest BCUT2D eigenvalue weighted by molar-refractivity contribution is -0.115. The van der Waals surface area contributed by atoms with Crippen LogP contribution in [0.4, 0.5) is 14.5 Å². The van der Waals surface area contributed by atoms with Crippen molar-refractivity contribution in [3.05, 3.63) is 23.8 Å². The van der Waals surface area contributed by atoms with E-state index in [9.17, 15) is 13.6 Å². The summed E-state index contributed by atoms with van der Waals surface area (Å²) in [4.78, 5) is 11.7. The maximum Gasteiger partial charge on any atom is 0.387 e. The Morgan fingerprint density at radius 2 is 2.20 bits per heavy atom. The lowest BCUT2D eigenvalue weighted by atomic mass is 10.2. The number of hydrogen-bond acceptors (Lipinski definition) is 3. The van der Waals surface area contributed by atoms with E-state index in [1.165, 1.54) is 18.9 Å². The molecule has 1 saturated carbocycles. The predicted molar refractivity (Wildman–Crippen MR) is 72.0 cm³/mol. The van der Waals surface area contributed by atoms with E-state index in [4.69, 9.17) is 0 Å².